The molecule has 6 nitrogen and oxygen atoms in total. The van der Waals surface area contributed by atoms with Crippen LogP contribution in [-0.4, -0.2) is 28.4 Å². The van der Waals surface area contributed by atoms with Crippen molar-refractivity contribution in [3.8, 4) is 11.5 Å². The van der Waals surface area contributed by atoms with Gasteiger partial charge in [0.25, 0.3) is 5.91 Å². The van der Waals surface area contributed by atoms with E-state index in [2.05, 4.69) is 17.0 Å². The van der Waals surface area contributed by atoms with Crippen LogP contribution in [0.25, 0.3) is 11.0 Å². The van der Waals surface area contributed by atoms with Crippen molar-refractivity contribution in [3.05, 3.63) is 89.7 Å². The molecule has 3 aromatic carbocycles. The summed E-state index contributed by atoms with van der Waals surface area (Å²) in [6.07, 6.45) is -1.69. The van der Waals surface area contributed by atoms with Crippen LogP contribution < -0.4 is 14.8 Å². The van der Waals surface area contributed by atoms with Crippen molar-refractivity contribution in [2.24, 2.45) is 0 Å². The summed E-state index contributed by atoms with van der Waals surface area (Å²) >= 11 is 0. The van der Waals surface area contributed by atoms with E-state index < -0.39 is 6.36 Å². The van der Waals surface area contributed by atoms with Crippen molar-refractivity contribution in [3.63, 3.8) is 0 Å². The first-order chi connectivity index (χ1) is 17.8. The Morgan fingerprint density at radius 3 is 2.43 bits per heavy atom. The predicted molar refractivity (Wildman–Crippen MR) is 135 cm³/mol. The second kappa shape index (κ2) is 11.8. The highest BCUT2D eigenvalue weighted by atomic mass is 19.4. The Kier molecular flexibility index (Phi) is 8.32. The molecule has 37 heavy (non-hydrogen) atoms. The third-order valence-corrected chi connectivity index (χ3v) is 5.76. The van der Waals surface area contributed by atoms with Gasteiger partial charge in [-0.1, -0.05) is 50.1 Å². The van der Waals surface area contributed by atoms with Crippen molar-refractivity contribution in [1.82, 2.24) is 14.9 Å². The Hall–Kier alpha value is -4.01. The average molecular weight is 512 g/mol. The van der Waals surface area contributed by atoms with Crippen LogP contribution in [0.3, 0.4) is 0 Å². The first-order valence-electron chi connectivity index (χ1n) is 12.1. The molecule has 0 bridgehead atoms. The molecule has 1 aromatic heterocycles. The molecule has 4 aromatic rings. The number of ether oxygens (including phenoxy) is 2. The van der Waals surface area contributed by atoms with Gasteiger partial charge in [-0.25, -0.2) is 4.98 Å². The van der Waals surface area contributed by atoms with Crippen molar-refractivity contribution in [1.29, 1.82) is 0 Å². The molecule has 0 aliphatic heterocycles. The van der Waals surface area contributed by atoms with Crippen LogP contribution in [0.15, 0.2) is 72.8 Å². The van der Waals surface area contributed by atoms with Gasteiger partial charge >= 0.3 is 6.36 Å². The van der Waals surface area contributed by atoms with Crippen molar-refractivity contribution in [2.75, 3.05) is 6.54 Å². The molecule has 1 heterocycles. The fourth-order valence-electron chi connectivity index (χ4n) is 3.93. The number of rotatable bonds is 11. The molecule has 0 saturated carbocycles. The predicted octanol–water partition coefficient (Wildman–Crippen LogP) is 6.48. The topological polar surface area (TPSA) is 65.4 Å². The number of nitrogens with one attached hydrogen (secondary N) is 1. The van der Waals surface area contributed by atoms with E-state index >= 15 is 0 Å². The van der Waals surface area contributed by atoms with E-state index in [0.29, 0.717) is 35.7 Å². The molecule has 194 valence electrons. The zero-order chi connectivity index (χ0) is 26.3. The number of amides is 1. The molecule has 0 aliphatic rings. The average Bonchev–Trinajstić information content (AvgIpc) is 3.22. The van der Waals surface area contributed by atoms with Gasteiger partial charge in [0.15, 0.2) is 0 Å². The monoisotopic (exact) mass is 511 g/mol. The molecule has 1 N–H and O–H groups in total. The second-order valence-electron chi connectivity index (χ2n) is 8.57. The van der Waals surface area contributed by atoms with Gasteiger partial charge in [0.2, 0.25) is 0 Å². The molecule has 0 aliphatic carbocycles. The molecular formula is C28H28F3N3O3. The molecule has 0 saturated heterocycles. The summed E-state index contributed by atoms with van der Waals surface area (Å²) in [5.74, 6) is 0.862. The lowest BCUT2D eigenvalue weighted by atomic mass is 10.1. The fraction of sp³-hybridized carbons (Fsp3) is 0.286. The zero-order valence-electron chi connectivity index (χ0n) is 20.4. The van der Waals surface area contributed by atoms with Gasteiger partial charge in [-0.15, -0.1) is 13.2 Å². The van der Waals surface area contributed by atoms with Crippen LogP contribution in [0, 0.1) is 0 Å². The van der Waals surface area contributed by atoms with Crippen molar-refractivity contribution < 1.29 is 27.4 Å². The standard InChI is InChI=1S/C28H28F3N3O3/c1-2-3-7-16-32-27(35)21-12-15-25-24(17-21)33-26(19-36-22-8-5-4-6-9-22)34(25)18-20-10-13-23(14-11-20)37-28(29,30)31/h4-6,8-15,17H,2-3,7,16,18-19H2,1H3,(H,32,35). The third kappa shape index (κ3) is 7.25. The summed E-state index contributed by atoms with van der Waals surface area (Å²) in [6.45, 7) is 3.24. The summed E-state index contributed by atoms with van der Waals surface area (Å²) in [7, 11) is 0. The number of benzene rings is 3. The van der Waals surface area contributed by atoms with E-state index in [9.17, 15) is 18.0 Å². The minimum absolute atomic E-state index is 0.158. The first-order valence-corrected chi connectivity index (χ1v) is 12.1. The molecule has 9 heteroatoms. The van der Waals surface area contributed by atoms with Crippen LogP contribution in [0.1, 0.15) is 47.9 Å². The van der Waals surface area contributed by atoms with Crippen LogP contribution >= 0.6 is 0 Å². The van der Waals surface area contributed by atoms with Gasteiger partial charge in [-0.2, -0.15) is 0 Å². The fourth-order valence-corrected chi connectivity index (χ4v) is 3.93. The van der Waals surface area contributed by atoms with E-state index in [1.54, 1.807) is 24.3 Å². The van der Waals surface area contributed by atoms with Crippen LogP contribution in [-0.2, 0) is 13.2 Å². The Labute approximate surface area is 213 Å². The quantitative estimate of drug-likeness (QED) is 0.234. The summed E-state index contributed by atoms with van der Waals surface area (Å²) in [5.41, 5.74) is 2.68. The maximum absolute atomic E-state index is 12.6. The number of hydrogen-bond acceptors (Lipinski definition) is 4. The maximum atomic E-state index is 12.6. The first kappa shape index (κ1) is 26.1. The number of aromatic nitrogens is 2. The van der Waals surface area contributed by atoms with Gasteiger partial charge in [-0.05, 0) is 54.4 Å². The van der Waals surface area contributed by atoms with E-state index in [-0.39, 0.29) is 18.3 Å². The normalized spacial score (nSPS) is 11.5. The van der Waals surface area contributed by atoms with Gasteiger partial charge in [0.1, 0.15) is 23.9 Å². The van der Waals surface area contributed by atoms with Gasteiger partial charge in [0, 0.05) is 18.7 Å². The number of hydrogen-bond donors (Lipinski definition) is 1. The number of fused-ring (bicyclic) bond motifs is 1. The van der Waals surface area contributed by atoms with Crippen molar-refractivity contribution >= 4 is 16.9 Å². The Morgan fingerprint density at radius 2 is 1.73 bits per heavy atom. The molecule has 0 fully saturated rings. The van der Waals surface area contributed by atoms with Gasteiger partial charge < -0.3 is 19.4 Å². The number of carbonyl (C=O) groups is 1. The molecule has 1 amide bonds. The highest BCUT2D eigenvalue weighted by Gasteiger charge is 2.31. The van der Waals surface area contributed by atoms with Crippen LogP contribution in [0.5, 0.6) is 11.5 Å². The lowest BCUT2D eigenvalue weighted by Gasteiger charge is -2.12. The highest BCUT2D eigenvalue weighted by molar-refractivity contribution is 5.97. The summed E-state index contributed by atoms with van der Waals surface area (Å²) in [6, 6.07) is 20.3. The number of imidazole rings is 1. The molecule has 0 radical (unpaired) electrons. The lowest BCUT2D eigenvalue weighted by Crippen LogP contribution is -2.24. The SMILES string of the molecule is CCCCCNC(=O)c1ccc2c(c1)nc(COc1ccccc1)n2Cc1ccc(OC(F)(F)F)cc1. The molecule has 0 spiro atoms. The van der Waals surface area contributed by atoms with Gasteiger partial charge in [-0.3, -0.25) is 4.79 Å². The minimum atomic E-state index is -4.75. The smallest absolute Gasteiger partial charge is 0.486 e. The van der Waals surface area contributed by atoms with Gasteiger partial charge in [0.05, 0.1) is 11.0 Å². The number of para-hydroxylation sites is 1. The lowest BCUT2D eigenvalue weighted by molar-refractivity contribution is -0.274. The zero-order valence-corrected chi connectivity index (χ0v) is 20.4. The highest BCUT2D eigenvalue weighted by Crippen LogP contribution is 2.25. The van der Waals surface area contributed by atoms with E-state index in [4.69, 9.17) is 9.72 Å². The third-order valence-electron chi connectivity index (χ3n) is 5.76. The number of carbonyl (C=O) groups excluding carboxylic acids is 1. The van der Waals surface area contributed by atoms with Crippen LogP contribution in [0.2, 0.25) is 0 Å². The molecular weight excluding hydrogens is 483 g/mol. The summed E-state index contributed by atoms with van der Waals surface area (Å²) < 4.78 is 49.4. The Bertz CT molecular complexity index is 1320. The number of nitrogens with zero attached hydrogens (tertiary/aromatic N) is 2. The molecule has 0 unspecified atom stereocenters. The van der Waals surface area contributed by atoms with Crippen molar-refractivity contribution in [2.45, 2.75) is 45.7 Å². The Morgan fingerprint density at radius 1 is 0.973 bits per heavy atom. The number of unbranched alkanes of at least 4 members (excludes halogenated alkanes) is 2. The minimum Gasteiger partial charge on any atom is -0.486 e. The summed E-state index contributed by atoms with van der Waals surface area (Å²) in [4.78, 5) is 17.3. The number of alkyl halides is 3. The summed E-state index contributed by atoms with van der Waals surface area (Å²) in [5, 5.41) is 2.94. The largest absolute Gasteiger partial charge is 0.573 e. The maximum Gasteiger partial charge on any atom is 0.573 e. The van der Waals surface area contributed by atoms with E-state index in [0.717, 1.165) is 30.3 Å². The molecule has 0 atom stereocenters. The Balaban J connectivity index is 1.59. The second-order valence-corrected chi connectivity index (χ2v) is 8.57. The number of halogens is 3. The van der Waals surface area contributed by atoms with E-state index in [1.807, 2.05) is 41.0 Å². The van der Waals surface area contributed by atoms with Crippen LogP contribution in [0.4, 0.5) is 13.2 Å². The van der Waals surface area contributed by atoms with E-state index in [1.165, 1.54) is 12.1 Å². The molecule has 4 rings (SSSR count).